The summed E-state index contributed by atoms with van der Waals surface area (Å²) in [5.41, 5.74) is 1.02. The van der Waals surface area contributed by atoms with Crippen molar-refractivity contribution in [2.75, 3.05) is 0 Å². The fourth-order valence-electron chi connectivity index (χ4n) is 2.81. The molecule has 1 saturated heterocycles. The lowest BCUT2D eigenvalue weighted by Crippen LogP contribution is -2.45. The summed E-state index contributed by atoms with van der Waals surface area (Å²) in [4.78, 5) is 25.1. The van der Waals surface area contributed by atoms with Crippen LogP contribution in [0.15, 0.2) is 64.8 Å². The van der Waals surface area contributed by atoms with Crippen LogP contribution in [-0.2, 0) is 4.79 Å². The van der Waals surface area contributed by atoms with Crippen LogP contribution in [0, 0.1) is 10.1 Å². The molecule has 0 spiro atoms. The largest absolute Gasteiger partial charge is 0.283 e. The fourth-order valence-corrected chi connectivity index (χ4v) is 4.08. The summed E-state index contributed by atoms with van der Waals surface area (Å²) >= 11 is 1.35. The molecule has 1 amide bonds. The summed E-state index contributed by atoms with van der Waals surface area (Å²) in [7, 11) is 0. The second-order valence-electron chi connectivity index (χ2n) is 7.23. The molecule has 8 heteroatoms. The molecule has 3 rings (SSSR count). The van der Waals surface area contributed by atoms with Gasteiger partial charge in [0.25, 0.3) is 5.69 Å². The van der Waals surface area contributed by atoms with Crippen molar-refractivity contribution < 1.29 is 9.72 Å². The molecule has 1 aliphatic rings. The first kappa shape index (κ1) is 19.8. The average Bonchev–Trinajstić information content (AvgIpc) is 2.99. The molecule has 28 heavy (non-hydrogen) atoms. The normalized spacial score (nSPS) is 19.0. The highest BCUT2D eigenvalue weighted by Gasteiger charge is 2.44. The third-order valence-electron chi connectivity index (χ3n) is 4.06. The minimum Gasteiger partial charge on any atom is -0.283 e. The van der Waals surface area contributed by atoms with Gasteiger partial charge in [-0.25, -0.2) is 0 Å². The van der Waals surface area contributed by atoms with E-state index in [0.29, 0.717) is 10.7 Å². The van der Waals surface area contributed by atoms with Gasteiger partial charge >= 0.3 is 0 Å². The van der Waals surface area contributed by atoms with Crippen LogP contribution in [0.5, 0.6) is 0 Å². The molecule has 0 aliphatic carbocycles. The van der Waals surface area contributed by atoms with Gasteiger partial charge in [0.15, 0.2) is 5.17 Å². The number of carbonyl (C=O) groups is 1. The molecule has 0 radical (unpaired) electrons. The van der Waals surface area contributed by atoms with Crippen molar-refractivity contribution in [1.29, 1.82) is 0 Å². The lowest BCUT2D eigenvalue weighted by molar-refractivity contribution is -0.384. The molecule has 1 atom stereocenters. The van der Waals surface area contributed by atoms with Gasteiger partial charge in [0, 0.05) is 23.2 Å². The molecule has 2 aromatic carbocycles. The lowest BCUT2D eigenvalue weighted by Gasteiger charge is -2.30. The Bertz CT molecular complexity index is 951. The zero-order valence-corrected chi connectivity index (χ0v) is 16.6. The highest BCUT2D eigenvalue weighted by atomic mass is 32.2. The number of amides is 1. The van der Waals surface area contributed by atoms with Crippen LogP contribution in [0.25, 0.3) is 0 Å². The number of non-ortho nitro benzene ring substituents is 1. The van der Waals surface area contributed by atoms with Crippen LogP contribution in [0.1, 0.15) is 37.1 Å². The second kappa shape index (κ2) is 7.93. The Morgan fingerprint density at radius 2 is 1.86 bits per heavy atom. The van der Waals surface area contributed by atoms with Gasteiger partial charge in [0.1, 0.15) is 5.25 Å². The van der Waals surface area contributed by atoms with Gasteiger partial charge in [-0.3, -0.25) is 19.8 Å². The van der Waals surface area contributed by atoms with Gasteiger partial charge < -0.3 is 0 Å². The van der Waals surface area contributed by atoms with Crippen molar-refractivity contribution >= 4 is 34.7 Å². The van der Waals surface area contributed by atoms with E-state index in [1.165, 1.54) is 30.1 Å². The second-order valence-corrected chi connectivity index (χ2v) is 8.30. The topological polar surface area (TPSA) is 88.2 Å². The van der Waals surface area contributed by atoms with Gasteiger partial charge in [0.2, 0.25) is 5.91 Å². The van der Waals surface area contributed by atoms with Crippen LogP contribution in [0.4, 0.5) is 5.69 Å². The molecule has 1 aliphatic heterocycles. The molecule has 1 fully saturated rings. The Labute approximate surface area is 167 Å². The summed E-state index contributed by atoms with van der Waals surface area (Å²) in [5.74, 6) is -0.0343. The molecular weight excluding hydrogens is 376 g/mol. The molecule has 0 saturated carbocycles. The van der Waals surface area contributed by atoms with E-state index >= 15 is 0 Å². The average molecular weight is 396 g/mol. The number of nitro groups is 1. The number of hydrogen-bond donors (Lipinski definition) is 0. The molecule has 0 bridgehead atoms. The molecule has 0 N–H and O–H groups in total. The summed E-state index contributed by atoms with van der Waals surface area (Å²) in [6.07, 6.45) is 1.45. The predicted molar refractivity (Wildman–Crippen MR) is 111 cm³/mol. The van der Waals surface area contributed by atoms with E-state index < -0.39 is 10.5 Å². The van der Waals surface area contributed by atoms with Crippen LogP contribution in [0.3, 0.4) is 0 Å². The van der Waals surface area contributed by atoms with Crippen molar-refractivity contribution in [1.82, 2.24) is 4.90 Å². The number of thioether (sulfide) groups is 1. The molecule has 1 heterocycles. The van der Waals surface area contributed by atoms with Gasteiger partial charge in [-0.05, 0) is 26.3 Å². The predicted octanol–water partition coefficient (Wildman–Crippen LogP) is 4.40. The first-order valence-corrected chi connectivity index (χ1v) is 9.56. The Hall–Kier alpha value is -3.00. The van der Waals surface area contributed by atoms with Crippen LogP contribution in [0.2, 0.25) is 0 Å². The molecular formula is C20H20N4O3S. The van der Waals surface area contributed by atoms with E-state index in [1.807, 2.05) is 51.1 Å². The minimum atomic E-state index is -0.458. The molecule has 1 unspecified atom stereocenters. The zero-order chi connectivity index (χ0) is 20.3. The Morgan fingerprint density at radius 1 is 1.14 bits per heavy atom. The third kappa shape index (κ3) is 4.28. The monoisotopic (exact) mass is 396 g/mol. The van der Waals surface area contributed by atoms with E-state index in [-0.39, 0.29) is 16.8 Å². The maximum absolute atomic E-state index is 13.0. The van der Waals surface area contributed by atoms with Crippen molar-refractivity contribution in [2.24, 2.45) is 10.2 Å². The minimum absolute atomic E-state index is 0.0116. The Balaban J connectivity index is 1.89. The van der Waals surface area contributed by atoms with Crippen LogP contribution < -0.4 is 0 Å². The van der Waals surface area contributed by atoms with Crippen molar-refractivity contribution in [2.45, 2.75) is 31.6 Å². The summed E-state index contributed by atoms with van der Waals surface area (Å²) < 4.78 is 0. The number of carbonyl (C=O) groups excluding carboxylic acids is 1. The van der Waals surface area contributed by atoms with Crippen molar-refractivity contribution in [3.63, 3.8) is 0 Å². The van der Waals surface area contributed by atoms with Gasteiger partial charge in [0.05, 0.1) is 11.1 Å². The maximum atomic E-state index is 13.0. The zero-order valence-electron chi connectivity index (χ0n) is 15.8. The van der Waals surface area contributed by atoms with E-state index in [0.717, 1.165) is 5.56 Å². The number of hydrogen-bond acceptors (Lipinski definition) is 6. The number of nitro benzene ring substituents is 1. The standard InChI is InChI=1S/C20H20N4O3S/c1-20(2,3)23-18(25)17(15-9-5-4-6-10-15)28-19(23)22-21-13-14-8-7-11-16(12-14)24(26)27/h4-13,17H,1-3H3. The first-order valence-electron chi connectivity index (χ1n) is 8.68. The van der Waals surface area contributed by atoms with Crippen molar-refractivity contribution in [3.05, 3.63) is 75.8 Å². The number of benzene rings is 2. The summed E-state index contributed by atoms with van der Waals surface area (Å²) in [5, 5.41) is 19.3. The molecule has 144 valence electrons. The smallest absolute Gasteiger partial charge is 0.270 e. The van der Waals surface area contributed by atoms with E-state index in [2.05, 4.69) is 10.2 Å². The molecule has 0 aromatic heterocycles. The summed E-state index contributed by atoms with van der Waals surface area (Å²) in [6, 6.07) is 15.7. The highest BCUT2D eigenvalue weighted by Crippen LogP contribution is 2.42. The Kier molecular flexibility index (Phi) is 5.60. The van der Waals surface area contributed by atoms with Gasteiger partial charge in [-0.1, -0.05) is 54.2 Å². The Morgan fingerprint density at radius 3 is 2.50 bits per heavy atom. The quantitative estimate of drug-likeness (QED) is 0.435. The van der Waals surface area contributed by atoms with Crippen LogP contribution in [-0.4, -0.2) is 32.7 Å². The van der Waals surface area contributed by atoms with E-state index in [4.69, 9.17) is 0 Å². The SMILES string of the molecule is CC(C)(C)N1C(=O)C(c2ccccc2)SC1=NN=Cc1cccc([N+](=O)[O-])c1. The maximum Gasteiger partial charge on any atom is 0.270 e. The summed E-state index contributed by atoms with van der Waals surface area (Å²) in [6.45, 7) is 5.83. The number of rotatable bonds is 4. The van der Waals surface area contributed by atoms with E-state index in [1.54, 1.807) is 17.0 Å². The molecule has 7 nitrogen and oxygen atoms in total. The van der Waals surface area contributed by atoms with Gasteiger partial charge in [-0.15, -0.1) is 5.10 Å². The first-order chi connectivity index (χ1) is 13.3. The fraction of sp³-hybridized carbons (Fsp3) is 0.250. The molecule has 2 aromatic rings. The van der Waals surface area contributed by atoms with Crippen LogP contribution >= 0.6 is 11.8 Å². The number of nitrogens with zero attached hydrogens (tertiary/aromatic N) is 4. The number of amidine groups is 1. The van der Waals surface area contributed by atoms with E-state index in [9.17, 15) is 14.9 Å². The lowest BCUT2D eigenvalue weighted by atomic mass is 10.0. The highest BCUT2D eigenvalue weighted by molar-refractivity contribution is 8.15. The van der Waals surface area contributed by atoms with Gasteiger partial charge in [-0.2, -0.15) is 5.10 Å². The third-order valence-corrected chi connectivity index (χ3v) is 5.25. The van der Waals surface area contributed by atoms with Crippen molar-refractivity contribution in [3.8, 4) is 0 Å².